The Hall–Kier alpha value is -1.85. The quantitative estimate of drug-likeness (QED) is 0.877. The maximum Gasteiger partial charge on any atom is 0.225 e. The van der Waals surface area contributed by atoms with E-state index in [2.05, 4.69) is 26.4 Å². The number of rotatable bonds is 4. The summed E-state index contributed by atoms with van der Waals surface area (Å²) in [4.78, 5) is 15.9. The Morgan fingerprint density at radius 1 is 1.33 bits per heavy atom. The first-order valence-electron chi connectivity index (χ1n) is 6.91. The molecular formula is C15H17ClN4O. The lowest BCUT2D eigenvalue weighted by Gasteiger charge is -2.25. The van der Waals surface area contributed by atoms with Gasteiger partial charge in [-0.3, -0.25) is 10.3 Å². The van der Waals surface area contributed by atoms with Crippen molar-refractivity contribution in [3.63, 3.8) is 0 Å². The summed E-state index contributed by atoms with van der Waals surface area (Å²) in [5.41, 5.74) is 4.66. The molecular weight excluding hydrogens is 288 g/mol. The van der Waals surface area contributed by atoms with Gasteiger partial charge in [0.1, 0.15) is 0 Å². The van der Waals surface area contributed by atoms with Crippen LogP contribution in [0.2, 0.25) is 5.02 Å². The Morgan fingerprint density at radius 3 is 2.86 bits per heavy atom. The molecule has 2 aromatic rings. The molecule has 1 unspecified atom stereocenters. The molecule has 1 aromatic heterocycles. The molecule has 0 radical (unpaired) electrons. The number of hydrogen-bond donors (Lipinski definition) is 1. The highest BCUT2D eigenvalue weighted by atomic mass is 35.5. The molecule has 1 aliphatic rings. The van der Waals surface area contributed by atoms with Gasteiger partial charge in [0.15, 0.2) is 0 Å². The van der Waals surface area contributed by atoms with Crippen molar-refractivity contribution < 1.29 is 4.84 Å². The van der Waals surface area contributed by atoms with Gasteiger partial charge in [0.25, 0.3) is 0 Å². The SMILES string of the molecule is CONc1cnc(N2CCCC2c2cccc(Cl)c2)nc1. The maximum absolute atomic E-state index is 6.10. The van der Waals surface area contributed by atoms with E-state index in [4.69, 9.17) is 16.4 Å². The average Bonchev–Trinajstić information content (AvgIpc) is 2.98. The number of nitrogens with one attached hydrogen (secondary N) is 1. The third kappa shape index (κ3) is 3.09. The zero-order valence-electron chi connectivity index (χ0n) is 11.8. The summed E-state index contributed by atoms with van der Waals surface area (Å²) in [5, 5.41) is 0.764. The molecule has 0 spiro atoms. The predicted molar refractivity (Wildman–Crippen MR) is 83.4 cm³/mol. The van der Waals surface area contributed by atoms with Crippen molar-refractivity contribution in [2.24, 2.45) is 0 Å². The van der Waals surface area contributed by atoms with E-state index in [0.717, 1.165) is 36.0 Å². The van der Waals surface area contributed by atoms with E-state index in [1.54, 1.807) is 19.5 Å². The van der Waals surface area contributed by atoms with E-state index in [9.17, 15) is 0 Å². The molecule has 5 nitrogen and oxygen atoms in total. The highest BCUT2D eigenvalue weighted by molar-refractivity contribution is 6.30. The number of anilines is 2. The van der Waals surface area contributed by atoms with Gasteiger partial charge in [0.05, 0.1) is 31.2 Å². The number of nitrogens with zero attached hydrogens (tertiary/aromatic N) is 3. The molecule has 1 aromatic carbocycles. The summed E-state index contributed by atoms with van der Waals surface area (Å²) >= 11 is 6.10. The summed E-state index contributed by atoms with van der Waals surface area (Å²) in [6, 6.07) is 8.29. The van der Waals surface area contributed by atoms with Crippen molar-refractivity contribution in [1.82, 2.24) is 9.97 Å². The Bertz CT molecular complexity index is 605. The van der Waals surface area contributed by atoms with Gasteiger partial charge in [-0.05, 0) is 30.5 Å². The number of hydrogen-bond acceptors (Lipinski definition) is 5. The fourth-order valence-corrected chi connectivity index (χ4v) is 2.91. The molecule has 6 heteroatoms. The lowest BCUT2D eigenvalue weighted by atomic mass is 10.1. The lowest BCUT2D eigenvalue weighted by Crippen LogP contribution is -2.24. The van der Waals surface area contributed by atoms with E-state index < -0.39 is 0 Å². The molecule has 0 aliphatic carbocycles. The van der Waals surface area contributed by atoms with Crippen LogP contribution < -0.4 is 10.4 Å². The maximum atomic E-state index is 6.10. The van der Waals surface area contributed by atoms with Crippen molar-refractivity contribution >= 4 is 23.2 Å². The Balaban J connectivity index is 1.83. The largest absolute Gasteiger partial charge is 0.334 e. The van der Waals surface area contributed by atoms with E-state index in [0.29, 0.717) is 0 Å². The van der Waals surface area contributed by atoms with Crippen LogP contribution in [0.3, 0.4) is 0 Å². The second kappa shape index (κ2) is 6.28. The van der Waals surface area contributed by atoms with Crippen LogP contribution in [-0.4, -0.2) is 23.6 Å². The minimum absolute atomic E-state index is 0.282. The van der Waals surface area contributed by atoms with Crippen molar-refractivity contribution in [2.75, 3.05) is 24.0 Å². The molecule has 0 amide bonds. The van der Waals surface area contributed by atoms with Crippen molar-refractivity contribution in [2.45, 2.75) is 18.9 Å². The fourth-order valence-electron chi connectivity index (χ4n) is 2.71. The topological polar surface area (TPSA) is 50.3 Å². The van der Waals surface area contributed by atoms with Crippen LogP contribution in [0.5, 0.6) is 0 Å². The molecule has 1 atom stereocenters. The first-order chi connectivity index (χ1) is 10.3. The number of aromatic nitrogens is 2. The Labute approximate surface area is 128 Å². The first-order valence-corrected chi connectivity index (χ1v) is 7.29. The fraction of sp³-hybridized carbons (Fsp3) is 0.333. The molecule has 0 saturated carbocycles. The van der Waals surface area contributed by atoms with E-state index in [1.807, 2.05) is 18.2 Å². The second-order valence-electron chi connectivity index (χ2n) is 4.98. The number of halogens is 1. The van der Waals surface area contributed by atoms with Crippen LogP contribution in [0, 0.1) is 0 Å². The van der Waals surface area contributed by atoms with Crippen LogP contribution in [0.25, 0.3) is 0 Å². The molecule has 1 aliphatic heterocycles. The number of benzene rings is 1. The normalized spacial score (nSPS) is 18.0. The summed E-state index contributed by atoms with van der Waals surface area (Å²) in [5.74, 6) is 0.735. The molecule has 3 rings (SSSR count). The third-order valence-electron chi connectivity index (χ3n) is 3.60. The predicted octanol–water partition coefficient (Wildman–Crippen LogP) is 3.44. The van der Waals surface area contributed by atoms with Gasteiger partial charge in [0, 0.05) is 11.6 Å². The highest BCUT2D eigenvalue weighted by Crippen LogP contribution is 2.35. The molecule has 1 fully saturated rings. The van der Waals surface area contributed by atoms with Crippen molar-refractivity contribution in [1.29, 1.82) is 0 Å². The van der Waals surface area contributed by atoms with E-state index >= 15 is 0 Å². The molecule has 0 bridgehead atoms. The summed E-state index contributed by atoms with van der Waals surface area (Å²) in [7, 11) is 1.56. The lowest BCUT2D eigenvalue weighted by molar-refractivity contribution is 0.270. The van der Waals surface area contributed by atoms with Gasteiger partial charge < -0.3 is 4.90 Å². The van der Waals surface area contributed by atoms with Crippen LogP contribution in [0.1, 0.15) is 24.4 Å². The molecule has 1 N–H and O–H groups in total. The third-order valence-corrected chi connectivity index (χ3v) is 3.84. The monoisotopic (exact) mass is 304 g/mol. The minimum atomic E-state index is 0.282. The Kier molecular flexibility index (Phi) is 4.22. The Morgan fingerprint density at radius 2 is 2.14 bits per heavy atom. The van der Waals surface area contributed by atoms with Crippen molar-refractivity contribution in [3.8, 4) is 0 Å². The van der Waals surface area contributed by atoms with Crippen molar-refractivity contribution in [3.05, 3.63) is 47.2 Å². The molecule has 21 heavy (non-hydrogen) atoms. The molecule has 110 valence electrons. The highest BCUT2D eigenvalue weighted by Gasteiger charge is 2.28. The van der Waals surface area contributed by atoms with Gasteiger partial charge in [0.2, 0.25) is 5.95 Å². The first kappa shape index (κ1) is 14.1. The zero-order valence-corrected chi connectivity index (χ0v) is 12.5. The standard InChI is InChI=1S/C15H17ClN4O/c1-21-19-13-9-17-15(18-10-13)20-7-3-6-14(20)11-4-2-5-12(16)8-11/h2,4-5,8-10,14,19H,3,6-7H2,1H3. The van der Waals surface area contributed by atoms with Gasteiger partial charge in [-0.2, -0.15) is 0 Å². The summed E-state index contributed by atoms with van der Waals surface area (Å²) in [6.45, 7) is 0.953. The van der Waals surface area contributed by atoms with Gasteiger partial charge >= 0.3 is 0 Å². The summed E-state index contributed by atoms with van der Waals surface area (Å²) in [6.07, 6.45) is 5.65. The van der Waals surface area contributed by atoms with Gasteiger partial charge in [-0.25, -0.2) is 9.97 Å². The van der Waals surface area contributed by atoms with Crippen LogP contribution in [-0.2, 0) is 4.84 Å². The van der Waals surface area contributed by atoms with Crippen LogP contribution in [0.4, 0.5) is 11.6 Å². The molecule has 1 saturated heterocycles. The van der Waals surface area contributed by atoms with Gasteiger partial charge in [-0.15, -0.1) is 0 Å². The van der Waals surface area contributed by atoms with Crippen LogP contribution >= 0.6 is 11.6 Å². The van der Waals surface area contributed by atoms with E-state index in [1.165, 1.54) is 5.56 Å². The average molecular weight is 305 g/mol. The zero-order chi connectivity index (χ0) is 14.7. The second-order valence-corrected chi connectivity index (χ2v) is 5.42. The van der Waals surface area contributed by atoms with E-state index in [-0.39, 0.29) is 6.04 Å². The summed E-state index contributed by atoms with van der Waals surface area (Å²) < 4.78 is 0. The molecule has 2 heterocycles. The minimum Gasteiger partial charge on any atom is -0.334 e. The van der Waals surface area contributed by atoms with Crippen LogP contribution in [0.15, 0.2) is 36.7 Å². The smallest absolute Gasteiger partial charge is 0.225 e. The van der Waals surface area contributed by atoms with Gasteiger partial charge in [-0.1, -0.05) is 23.7 Å².